The molecule has 0 saturated carbocycles. The number of aryl methyl sites for hydroxylation is 1. The van der Waals surface area contributed by atoms with Crippen molar-refractivity contribution >= 4 is 57.0 Å². The Morgan fingerprint density at radius 1 is 1.10 bits per heavy atom. The number of carbonyl (C=O) groups is 3. The van der Waals surface area contributed by atoms with Crippen LogP contribution >= 0.6 is 22.6 Å². The summed E-state index contributed by atoms with van der Waals surface area (Å²) < 4.78 is 2.67. The highest BCUT2D eigenvalue weighted by Gasteiger charge is 2.19. The van der Waals surface area contributed by atoms with E-state index < -0.39 is 11.9 Å². The van der Waals surface area contributed by atoms with E-state index in [4.69, 9.17) is 5.11 Å². The molecular weight excluding hydrogens is 503 g/mol. The lowest BCUT2D eigenvalue weighted by Gasteiger charge is -2.09. The van der Waals surface area contributed by atoms with E-state index in [0.717, 1.165) is 14.8 Å². The number of carboxylic acid groups (broad SMARTS) is 2. The van der Waals surface area contributed by atoms with E-state index >= 15 is 0 Å². The average Bonchev–Trinajstić information content (AvgIpc) is 2.90. The Hall–Kier alpha value is -3.08. The number of aliphatic carboxylic acids is 1. The van der Waals surface area contributed by atoms with Crippen LogP contribution in [0.25, 0.3) is 22.2 Å². The van der Waals surface area contributed by atoms with Gasteiger partial charge in [0, 0.05) is 46.2 Å². The molecule has 3 rings (SSSR count). The molecule has 0 atom stereocenters. The molecule has 30 heavy (non-hydrogen) atoms. The molecule has 4 N–H and O–H groups in total. The molecular formula is C21H19IN2O6. The summed E-state index contributed by atoms with van der Waals surface area (Å²) in [5.74, 6) is -2.72. The van der Waals surface area contributed by atoms with Gasteiger partial charge in [0.25, 0.3) is 0 Å². The number of nitrogens with zero attached hydrogens (tertiary/aromatic N) is 1. The molecule has 0 saturated heterocycles. The van der Waals surface area contributed by atoms with Gasteiger partial charge in [0.15, 0.2) is 0 Å². The van der Waals surface area contributed by atoms with Crippen LogP contribution in [-0.2, 0) is 16.6 Å². The van der Waals surface area contributed by atoms with Gasteiger partial charge in [-0.15, -0.1) is 0 Å². The summed E-state index contributed by atoms with van der Waals surface area (Å²) in [6.07, 6.45) is 0.309. The minimum Gasteiger partial charge on any atom is -0.507 e. The van der Waals surface area contributed by atoms with Crippen LogP contribution in [0, 0.1) is 3.57 Å². The van der Waals surface area contributed by atoms with Crippen molar-refractivity contribution in [3.63, 3.8) is 0 Å². The molecule has 9 heteroatoms. The van der Waals surface area contributed by atoms with Gasteiger partial charge in [0.2, 0.25) is 5.91 Å². The molecule has 0 aliphatic rings. The number of carboxylic acids is 2. The lowest BCUT2D eigenvalue weighted by molar-refractivity contribution is -0.137. The van der Waals surface area contributed by atoms with E-state index in [1.807, 2.05) is 17.7 Å². The monoisotopic (exact) mass is 522 g/mol. The second-order valence-corrected chi connectivity index (χ2v) is 7.87. The summed E-state index contributed by atoms with van der Waals surface area (Å²) in [5, 5.41) is 31.5. The highest BCUT2D eigenvalue weighted by molar-refractivity contribution is 14.1. The number of fused-ring (bicyclic) bond motifs is 1. The van der Waals surface area contributed by atoms with E-state index in [0.29, 0.717) is 16.6 Å². The lowest BCUT2D eigenvalue weighted by atomic mass is 10.1. The fourth-order valence-electron chi connectivity index (χ4n) is 3.29. The van der Waals surface area contributed by atoms with Gasteiger partial charge in [-0.1, -0.05) is 12.1 Å². The maximum Gasteiger partial charge on any atom is 0.339 e. The molecule has 0 aliphatic carbocycles. The standard InChI is InChI=1S/C21H19IN2O6/c1-24-15-10-16(25)14(21(29)30)9-13(15)19(22)20(24)11-4-2-5-12(8-11)23-17(26)6-3-7-18(27)28/h2,4-5,8-10,25H,3,6-7H2,1H3,(H,23,26)(H,27,28)(H,29,30). The third-order valence-corrected chi connectivity index (χ3v) is 5.79. The maximum atomic E-state index is 12.1. The number of halogens is 1. The number of amides is 1. The number of benzene rings is 2. The van der Waals surface area contributed by atoms with Crippen LogP contribution in [0.1, 0.15) is 29.6 Å². The molecule has 1 aromatic heterocycles. The first-order chi connectivity index (χ1) is 14.2. The van der Waals surface area contributed by atoms with Crippen molar-refractivity contribution in [2.75, 3.05) is 5.32 Å². The number of aromatic nitrogens is 1. The van der Waals surface area contributed by atoms with Crippen molar-refractivity contribution in [1.29, 1.82) is 0 Å². The van der Waals surface area contributed by atoms with Crippen molar-refractivity contribution in [2.24, 2.45) is 7.05 Å². The number of hydrogen-bond acceptors (Lipinski definition) is 4. The number of anilines is 1. The summed E-state index contributed by atoms with van der Waals surface area (Å²) in [7, 11) is 1.82. The Morgan fingerprint density at radius 2 is 1.83 bits per heavy atom. The van der Waals surface area contributed by atoms with Crippen LogP contribution < -0.4 is 5.32 Å². The molecule has 0 unspecified atom stereocenters. The Labute approximate surface area is 185 Å². The van der Waals surface area contributed by atoms with Gasteiger partial charge in [-0.3, -0.25) is 9.59 Å². The van der Waals surface area contributed by atoms with E-state index in [1.54, 1.807) is 18.2 Å². The predicted octanol–water partition coefficient (Wildman–Crippen LogP) is 4.05. The molecule has 1 amide bonds. The van der Waals surface area contributed by atoms with Gasteiger partial charge in [-0.25, -0.2) is 4.79 Å². The molecule has 1 heterocycles. The van der Waals surface area contributed by atoms with Crippen LogP contribution in [0.2, 0.25) is 0 Å². The number of hydrogen-bond donors (Lipinski definition) is 4. The van der Waals surface area contributed by atoms with Crippen LogP contribution in [0.3, 0.4) is 0 Å². The summed E-state index contributed by atoms with van der Waals surface area (Å²) >= 11 is 2.14. The van der Waals surface area contributed by atoms with Gasteiger partial charge < -0.3 is 25.2 Å². The first kappa shape index (κ1) is 21.6. The van der Waals surface area contributed by atoms with Crippen molar-refractivity contribution in [1.82, 2.24) is 4.57 Å². The van der Waals surface area contributed by atoms with Gasteiger partial charge >= 0.3 is 11.9 Å². The zero-order valence-electron chi connectivity index (χ0n) is 16.0. The normalized spacial score (nSPS) is 10.9. The first-order valence-electron chi connectivity index (χ1n) is 9.05. The van der Waals surface area contributed by atoms with Gasteiger partial charge in [0.1, 0.15) is 11.3 Å². The summed E-state index contributed by atoms with van der Waals surface area (Å²) in [4.78, 5) is 34.0. The zero-order chi connectivity index (χ0) is 22.0. The second-order valence-electron chi connectivity index (χ2n) is 6.79. The number of phenols is 1. The van der Waals surface area contributed by atoms with Crippen molar-refractivity contribution < 1.29 is 29.7 Å². The van der Waals surface area contributed by atoms with Crippen molar-refractivity contribution in [3.8, 4) is 17.0 Å². The number of nitrogens with one attached hydrogen (secondary N) is 1. The summed E-state index contributed by atoms with van der Waals surface area (Å²) in [6, 6.07) is 10.1. The topological polar surface area (TPSA) is 129 Å². The molecule has 2 aromatic carbocycles. The molecule has 8 nitrogen and oxygen atoms in total. The lowest BCUT2D eigenvalue weighted by Crippen LogP contribution is -2.12. The first-order valence-corrected chi connectivity index (χ1v) is 10.1. The predicted molar refractivity (Wildman–Crippen MR) is 120 cm³/mol. The van der Waals surface area contributed by atoms with E-state index in [2.05, 4.69) is 27.9 Å². The largest absolute Gasteiger partial charge is 0.507 e. The van der Waals surface area contributed by atoms with Crippen LogP contribution in [0.5, 0.6) is 5.75 Å². The maximum absolute atomic E-state index is 12.1. The fraction of sp³-hybridized carbons (Fsp3) is 0.190. The highest BCUT2D eigenvalue weighted by atomic mass is 127. The molecule has 0 fully saturated rings. The summed E-state index contributed by atoms with van der Waals surface area (Å²) in [5.41, 5.74) is 2.70. The molecule has 0 aliphatic heterocycles. The molecule has 0 spiro atoms. The van der Waals surface area contributed by atoms with Gasteiger partial charge in [-0.05, 0) is 47.2 Å². The SMILES string of the molecule is Cn1c(-c2cccc(NC(=O)CCCC(=O)O)c2)c(I)c2cc(C(=O)O)c(O)cc21. The van der Waals surface area contributed by atoms with Gasteiger partial charge in [-0.2, -0.15) is 0 Å². The molecule has 0 bridgehead atoms. The van der Waals surface area contributed by atoms with Crippen LogP contribution in [0.4, 0.5) is 5.69 Å². The highest BCUT2D eigenvalue weighted by Crippen LogP contribution is 2.37. The third-order valence-electron chi connectivity index (χ3n) is 4.70. The van der Waals surface area contributed by atoms with Crippen LogP contribution in [0.15, 0.2) is 36.4 Å². The Bertz CT molecular complexity index is 1170. The second kappa shape index (κ2) is 8.74. The Balaban J connectivity index is 1.94. The number of aromatic carboxylic acids is 1. The average molecular weight is 522 g/mol. The third kappa shape index (κ3) is 4.40. The smallest absolute Gasteiger partial charge is 0.339 e. The Morgan fingerprint density at radius 3 is 2.50 bits per heavy atom. The molecule has 156 valence electrons. The minimum absolute atomic E-state index is 0.0627. The van der Waals surface area contributed by atoms with Gasteiger partial charge in [0.05, 0.1) is 11.2 Å². The van der Waals surface area contributed by atoms with Crippen molar-refractivity contribution in [3.05, 3.63) is 45.5 Å². The fourth-order valence-corrected chi connectivity index (χ4v) is 4.39. The van der Waals surface area contributed by atoms with E-state index in [-0.39, 0.29) is 36.5 Å². The Kier molecular flexibility index (Phi) is 6.30. The van der Waals surface area contributed by atoms with Crippen LogP contribution in [-0.4, -0.2) is 37.7 Å². The quantitative estimate of drug-likeness (QED) is 0.347. The number of rotatable bonds is 7. The minimum atomic E-state index is -1.21. The summed E-state index contributed by atoms with van der Waals surface area (Å²) in [6.45, 7) is 0. The molecule has 0 radical (unpaired) electrons. The molecule has 3 aromatic rings. The van der Waals surface area contributed by atoms with E-state index in [1.165, 1.54) is 12.1 Å². The number of aromatic hydroxyl groups is 1. The van der Waals surface area contributed by atoms with E-state index in [9.17, 15) is 24.6 Å². The van der Waals surface area contributed by atoms with Crippen molar-refractivity contribution in [2.45, 2.75) is 19.3 Å². The zero-order valence-corrected chi connectivity index (χ0v) is 18.1. The number of carbonyl (C=O) groups excluding carboxylic acids is 1.